The van der Waals surface area contributed by atoms with E-state index in [1.165, 1.54) is 0 Å². The summed E-state index contributed by atoms with van der Waals surface area (Å²) < 4.78 is 5.29. The van der Waals surface area contributed by atoms with Gasteiger partial charge in [0, 0.05) is 11.9 Å². The second-order valence-electron chi connectivity index (χ2n) is 2.80. The summed E-state index contributed by atoms with van der Waals surface area (Å²) in [6.45, 7) is 3.74. The Morgan fingerprint density at radius 2 is 2.08 bits per heavy atom. The molecular weight excluding hydrogens is 166 g/mol. The molecule has 0 aliphatic carbocycles. The van der Waals surface area contributed by atoms with E-state index in [1.54, 1.807) is 12.4 Å². The van der Waals surface area contributed by atoms with Crippen molar-refractivity contribution in [1.82, 2.24) is 15.0 Å². The fraction of sp³-hybridized carbons (Fsp3) is 0.222. The zero-order valence-corrected chi connectivity index (χ0v) is 7.48. The lowest BCUT2D eigenvalue weighted by atomic mass is 10.4. The Morgan fingerprint density at radius 1 is 1.23 bits per heavy atom. The number of nitrogens with zero attached hydrogens (tertiary/aromatic N) is 3. The Labute approximate surface area is 75.7 Å². The van der Waals surface area contributed by atoms with E-state index in [0.29, 0.717) is 11.7 Å². The third kappa shape index (κ3) is 1.56. The molecule has 0 atom stereocenters. The quantitative estimate of drug-likeness (QED) is 0.662. The third-order valence-electron chi connectivity index (χ3n) is 1.61. The van der Waals surface area contributed by atoms with Gasteiger partial charge in [0.15, 0.2) is 0 Å². The monoisotopic (exact) mass is 175 g/mol. The molecule has 13 heavy (non-hydrogen) atoms. The molecule has 66 valence electrons. The number of rotatable bonds is 1. The van der Waals surface area contributed by atoms with Crippen LogP contribution in [0.5, 0.6) is 0 Å². The fourth-order valence-electron chi connectivity index (χ4n) is 1.01. The van der Waals surface area contributed by atoms with E-state index in [4.69, 9.17) is 4.42 Å². The summed E-state index contributed by atoms with van der Waals surface area (Å²) in [5.74, 6) is 1.77. The second kappa shape index (κ2) is 2.97. The van der Waals surface area contributed by atoms with E-state index in [-0.39, 0.29) is 0 Å². The molecule has 2 aromatic rings. The summed E-state index contributed by atoms with van der Waals surface area (Å²) in [7, 11) is 0. The number of hydrogen-bond donors (Lipinski definition) is 0. The first-order valence-electron chi connectivity index (χ1n) is 3.98. The van der Waals surface area contributed by atoms with Crippen molar-refractivity contribution in [3.8, 4) is 11.7 Å². The SMILES string of the molecule is Cc1ccnc(-c2ncc(C)o2)n1. The molecule has 2 heterocycles. The molecule has 0 aliphatic heterocycles. The minimum absolute atomic E-state index is 0.473. The molecule has 0 bridgehead atoms. The van der Waals surface area contributed by atoms with Gasteiger partial charge in [-0.05, 0) is 19.9 Å². The van der Waals surface area contributed by atoms with E-state index < -0.39 is 0 Å². The molecule has 0 unspecified atom stereocenters. The van der Waals surface area contributed by atoms with Gasteiger partial charge in [-0.2, -0.15) is 0 Å². The lowest BCUT2D eigenvalue weighted by Crippen LogP contribution is -1.89. The summed E-state index contributed by atoms with van der Waals surface area (Å²) in [5, 5.41) is 0. The van der Waals surface area contributed by atoms with Crippen LogP contribution in [0, 0.1) is 13.8 Å². The van der Waals surface area contributed by atoms with Gasteiger partial charge < -0.3 is 4.42 Å². The standard InChI is InChI=1S/C9H9N3O/c1-6-3-4-10-8(12-6)9-11-5-7(2)13-9/h3-5H,1-2H3. The van der Waals surface area contributed by atoms with Crippen LogP contribution < -0.4 is 0 Å². The summed E-state index contributed by atoms with van der Waals surface area (Å²) in [5.41, 5.74) is 0.904. The highest BCUT2D eigenvalue weighted by atomic mass is 16.4. The van der Waals surface area contributed by atoms with Crippen LogP contribution in [-0.2, 0) is 0 Å². The Balaban J connectivity index is 2.46. The van der Waals surface area contributed by atoms with Gasteiger partial charge in [-0.15, -0.1) is 0 Å². The molecule has 0 saturated carbocycles. The number of hydrogen-bond acceptors (Lipinski definition) is 4. The molecule has 4 heteroatoms. The predicted molar refractivity (Wildman–Crippen MR) is 47.0 cm³/mol. The van der Waals surface area contributed by atoms with Crippen LogP contribution in [0.25, 0.3) is 11.7 Å². The molecule has 4 nitrogen and oxygen atoms in total. The average Bonchev–Trinajstić information content (AvgIpc) is 2.52. The van der Waals surface area contributed by atoms with Crippen molar-refractivity contribution >= 4 is 0 Å². The van der Waals surface area contributed by atoms with Crippen LogP contribution in [0.4, 0.5) is 0 Å². The van der Waals surface area contributed by atoms with Crippen molar-refractivity contribution < 1.29 is 4.42 Å². The van der Waals surface area contributed by atoms with E-state index >= 15 is 0 Å². The minimum atomic E-state index is 0.473. The van der Waals surface area contributed by atoms with Gasteiger partial charge in [0.2, 0.25) is 5.82 Å². The van der Waals surface area contributed by atoms with E-state index in [1.807, 2.05) is 19.9 Å². The van der Waals surface area contributed by atoms with Gasteiger partial charge in [-0.1, -0.05) is 0 Å². The highest BCUT2D eigenvalue weighted by molar-refractivity contribution is 5.39. The van der Waals surface area contributed by atoms with Gasteiger partial charge in [0.05, 0.1) is 6.20 Å². The first-order valence-corrected chi connectivity index (χ1v) is 3.98. The van der Waals surface area contributed by atoms with Crippen molar-refractivity contribution in [2.24, 2.45) is 0 Å². The molecule has 0 saturated heterocycles. The largest absolute Gasteiger partial charge is 0.439 e. The number of aryl methyl sites for hydroxylation is 2. The van der Waals surface area contributed by atoms with E-state index in [0.717, 1.165) is 11.5 Å². The van der Waals surface area contributed by atoms with Crippen molar-refractivity contribution in [1.29, 1.82) is 0 Å². The predicted octanol–water partition coefficient (Wildman–Crippen LogP) is 1.75. The van der Waals surface area contributed by atoms with Crippen LogP contribution in [0.1, 0.15) is 11.5 Å². The van der Waals surface area contributed by atoms with Crippen molar-refractivity contribution in [3.05, 3.63) is 29.9 Å². The Morgan fingerprint density at radius 3 is 2.69 bits per heavy atom. The molecule has 2 rings (SSSR count). The van der Waals surface area contributed by atoms with Crippen LogP contribution in [0.3, 0.4) is 0 Å². The van der Waals surface area contributed by atoms with Gasteiger partial charge in [0.25, 0.3) is 5.89 Å². The van der Waals surface area contributed by atoms with Gasteiger partial charge in [-0.3, -0.25) is 0 Å². The summed E-state index contributed by atoms with van der Waals surface area (Å²) in [4.78, 5) is 12.3. The fourth-order valence-corrected chi connectivity index (χ4v) is 1.01. The Hall–Kier alpha value is -1.71. The lowest BCUT2D eigenvalue weighted by Gasteiger charge is -1.94. The van der Waals surface area contributed by atoms with E-state index in [2.05, 4.69) is 15.0 Å². The zero-order chi connectivity index (χ0) is 9.26. The maximum Gasteiger partial charge on any atom is 0.265 e. The molecule has 0 fully saturated rings. The summed E-state index contributed by atoms with van der Waals surface area (Å²) in [6, 6.07) is 1.83. The van der Waals surface area contributed by atoms with Crippen LogP contribution >= 0.6 is 0 Å². The molecule has 0 N–H and O–H groups in total. The van der Waals surface area contributed by atoms with Crippen molar-refractivity contribution in [2.45, 2.75) is 13.8 Å². The summed E-state index contributed by atoms with van der Waals surface area (Å²) in [6.07, 6.45) is 3.35. The molecule has 0 aliphatic rings. The van der Waals surface area contributed by atoms with E-state index in [9.17, 15) is 0 Å². The Kier molecular flexibility index (Phi) is 1.81. The van der Waals surface area contributed by atoms with Crippen molar-refractivity contribution in [3.63, 3.8) is 0 Å². The molecule has 0 aromatic carbocycles. The van der Waals surface area contributed by atoms with Gasteiger partial charge in [0.1, 0.15) is 5.76 Å². The molecule has 0 radical (unpaired) electrons. The lowest BCUT2D eigenvalue weighted by molar-refractivity contribution is 0.537. The first kappa shape index (κ1) is 7.91. The smallest absolute Gasteiger partial charge is 0.265 e. The van der Waals surface area contributed by atoms with Crippen LogP contribution in [0.2, 0.25) is 0 Å². The topological polar surface area (TPSA) is 51.8 Å². The Bertz CT molecular complexity index is 422. The molecule has 2 aromatic heterocycles. The number of aromatic nitrogens is 3. The summed E-state index contributed by atoms with van der Waals surface area (Å²) >= 11 is 0. The second-order valence-corrected chi connectivity index (χ2v) is 2.80. The van der Waals surface area contributed by atoms with Crippen LogP contribution in [-0.4, -0.2) is 15.0 Å². The van der Waals surface area contributed by atoms with Gasteiger partial charge in [-0.25, -0.2) is 15.0 Å². The normalized spacial score (nSPS) is 10.3. The maximum absolute atomic E-state index is 5.29. The highest BCUT2D eigenvalue weighted by Gasteiger charge is 2.06. The highest BCUT2D eigenvalue weighted by Crippen LogP contribution is 2.13. The number of oxazole rings is 1. The first-order chi connectivity index (χ1) is 6.25. The maximum atomic E-state index is 5.29. The molecule has 0 amide bonds. The van der Waals surface area contributed by atoms with Crippen LogP contribution in [0.15, 0.2) is 22.9 Å². The average molecular weight is 175 g/mol. The third-order valence-corrected chi connectivity index (χ3v) is 1.61. The molecular formula is C9H9N3O. The van der Waals surface area contributed by atoms with Crippen molar-refractivity contribution in [2.75, 3.05) is 0 Å². The zero-order valence-electron chi connectivity index (χ0n) is 7.48. The minimum Gasteiger partial charge on any atom is -0.439 e. The van der Waals surface area contributed by atoms with Gasteiger partial charge >= 0.3 is 0 Å². The molecule has 0 spiro atoms.